The maximum atomic E-state index is 12.5. The number of thioether (sulfide) groups is 1. The highest BCUT2D eigenvalue weighted by atomic mass is 32.2. The molecule has 23 heavy (non-hydrogen) atoms. The molecule has 0 aliphatic rings. The Morgan fingerprint density at radius 3 is 2.91 bits per heavy atom. The number of hydrogen-bond donors (Lipinski definition) is 1. The van der Waals surface area contributed by atoms with Gasteiger partial charge in [0.1, 0.15) is 6.61 Å². The lowest BCUT2D eigenvalue weighted by Gasteiger charge is -1.99. The summed E-state index contributed by atoms with van der Waals surface area (Å²) >= 11 is 3.41. The Labute approximate surface area is 143 Å². The van der Waals surface area contributed by atoms with E-state index in [1.807, 2.05) is 24.3 Å². The van der Waals surface area contributed by atoms with Crippen LogP contribution in [0.25, 0.3) is 10.2 Å². The third-order valence-corrected chi connectivity index (χ3v) is 5.10. The van der Waals surface area contributed by atoms with Crippen molar-refractivity contribution in [3.8, 4) is 0 Å². The number of aromatic nitrogens is 3. The maximum absolute atomic E-state index is 12.5. The summed E-state index contributed by atoms with van der Waals surface area (Å²) in [5.74, 6) is 0.166. The number of oxime groups is 1. The Bertz CT molecular complexity index is 840. The van der Waals surface area contributed by atoms with Crippen molar-refractivity contribution in [3.05, 3.63) is 30.1 Å². The third kappa shape index (κ3) is 3.66. The number of nitrogens with zero attached hydrogens (tertiary/aromatic N) is 4. The molecule has 7 nitrogen and oxygen atoms in total. The Kier molecular flexibility index (Phi) is 4.84. The second-order valence-electron chi connectivity index (χ2n) is 4.15. The zero-order valence-corrected chi connectivity index (χ0v) is 14.4. The first-order chi connectivity index (χ1) is 11.2. The molecule has 0 bridgehead atoms. The number of benzene rings is 1. The van der Waals surface area contributed by atoms with Gasteiger partial charge in [-0.1, -0.05) is 17.3 Å². The molecule has 10 heteroatoms. The van der Waals surface area contributed by atoms with Crippen molar-refractivity contribution in [1.82, 2.24) is 14.3 Å². The molecule has 0 saturated carbocycles. The smallest absolute Gasteiger partial charge is 0.252 e. The number of para-hydroxylation sites is 1. The van der Waals surface area contributed by atoms with Crippen molar-refractivity contribution in [2.75, 3.05) is 12.3 Å². The zero-order valence-electron chi connectivity index (χ0n) is 11.9. The average molecular weight is 365 g/mol. The summed E-state index contributed by atoms with van der Waals surface area (Å²) in [7, 11) is 0. The lowest BCUT2D eigenvalue weighted by atomic mass is 10.3. The molecule has 2 heterocycles. The Morgan fingerprint density at radius 1 is 1.39 bits per heavy atom. The predicted molar refractivity (Wildman–Crippen MR) is 93.0 cm³/mol. The molecule has 2 aromatic heterocycles. The van der Waals surface area contributed by atoms with Gasteiger partial charge in [0, 0.05) is 11.5 Å². The lowest BCUT2D eigenvalue weighted by Crippen LogP contribution is -2.14. The van der Waals surface area contributed by atoms with Gasteiger partial charge in [-0.05, 0) is 30.8 Å². The van der Waals surface area contributed by atoms with Crippen LogP contribution in [0.2, 0.25) is 0 Å². The van der Waals surface area contributed by atoms with Gasteiger partial charge in [0.15, 0.2) is 9.47 Å². The van der Waals surface area contributed by atoms with Crippen molar-refractivity contribution in [2.24, 2.45) is 5.16 Å². The first kappa shape index (κ1) is 15.8. The van der Waals surface area contributed by atoms with E-state index in [1.54, 1.807) is 6.92 Å². The quantitative estimate of drug-likeness (QED) is 0.421. The fraction of sp³-hybridized carbons (Fsp3) is 0.154. The number of carbonyl (C=O) groups excluding carboxylic acids is 1. The van der Waals surface area contributed by atoms with Crippen LogP contribution in [0.15, 0.2) is 33.8 Å². The number of rotatable bonds is 5. The Hall–Kier alpha value is -2.04. The van der Waals surface area contributed by atoms with Gasteiger partial charge in [-0.3, -0.25) is 4.79 Å². The van der Waals surface area contributed by atoms with E-state index in [0.717, 1.165) is 33.5 Å². The first-order valence-electron chi connectivity index (χ1n) is 6.54. The van der Waals surface area contributed by atoms with Crippen LogP contribution < -0.4 is 5.73 Å². The fourth-order valence-corrected chi connectivity index (χ4v) is 3.97. The zero-order chi connectivity index (χ0) is 16.2. The minimum Gasteiger partial charge on any atom is -0.395 e. The Morgan fingerprint density at radius 2 is 2.22 bits per heavy atom. The minimum absolute atomic E-state index is 0.0315. The standard InChI is InChI=1S/C13H11N5O2S3/c1-2-20-17-9(10-16-12(14)23-18-10)11(19)22-13-15-7-5-3-4-6-8(7)21-13/h3-6H,2H2,1H3,(H2,14,16,18)/b17-9-. The van der Waals surface area contributed by atoms with Crippen molar-refractivity contribution in [3.63, 3.8) is 0 Å². The summed E-state index contributed by atoms with van der Waals surface area (Å²) in [5.41, 5.74) is 6.45. The molecule has 1 aromatic carbocycles. The molecule has 0 unspecified atom stereocenters. The van der Waals surface area contributed by atoms with Gasteiger partial charge < -0.3 is 10.6 Å². The van der Waals surface area contributed by atoms with E-state index in [0.29, 0.717) is 10.9 Å². The van der Waals surface area contributed by atoms with Crippen molar-refractivity contribution in [1.29, 1.82) is 0 Å². The summed E-state index contributed by atoms with van der Waals surface area (Å²) in [5, 5.41) is 3.75. The molecule has 0 aliphatic carbocycles. The number of hydrogen-bond acceptors (Lipinski definition) is 10. The van der Waals surface area contributed by atoms with E-state index < -0.39 is 0 Å². The summed E-state index contributed by atoms with van der Waals surface area (Å²) in [6.07, 6.45) is 0. The highest BCUT2D eigenvalue weighted by Crippen LogP contribution is 2.30. The van der Waals surface area contributed by atoms with Crippen LogP contribution >= 0.6 is 34.6 Å². The first-order valence-corrected chi connectivity index (χ1v) is 8.95. The molecule has 0 aliphatic heterocycles. The van der Waals surface area contributed by atoms with Gasteiger partial charge in [-0.25, -0.2) is 4.98 Å². The SMILES string of the molecule is CCO/N=C(\C(=O)Sc1nc2ccccc2s1)c1nsc(N)n1. The second kappa shape index (κ2) is 7.02. The van der Waals surface area contributed by atoms with E-state index >= 15 is 0 Å². The van der Waals surface area contributed by atoms with Crippen LogP contribution in [0.3, 0.4) is 0 Å². The molecule has 0 fully saturated rings. The highest BCUT2D eigenvalue weighted by Gasteiger charge is 2.22. The number of nitrogen functional groups attached to an aromatic ring is 1. The number of nitrogens with two attached hydrogens (primary N) is 1. The monoisotopic (exact) mass is 365 g/mol. The van der Waals surface area contributed by atoms with E-state index in [1.165, 1.54) is 11.3 Å². The van der Waals surface area contributed by atoms with Gasteiger partial charge in [-0.2, -0.15) is 9.36 Å². The molecule has 3 rings (SSSR count). The molecule has 2 N–H and O–H groups in total. The van der Waals surface area contributed by atoms with Crippen LogP contribution in [-0.4, -0.2) is 31.8 Å². The van der Waals surface area contributed by atoms with Gasteiger partial charge >= 0.3 is 0 Å². The molecule has 0 atom stereocenters. The normalized spacial score (nSPS) is 11.8. The largest absolute Gasteiger partial charge is 0.395 e. The summed E-state index contributed by atoms with van der Waals surface area (Å²) in [6.45, 7) is 2.11. The van der Waals surface area contributed by atoms with Crippen LogP contribution in [0.5, 0.6) is 0 Å². The minimum atomic E-state index is -0.338. The molecule has 0 amide bonds. The Balaban J connectivity index is 1.85. The topological polar surface area (TPSA) is 103 Å². The number of carbonyl (C=O) groups is 1. The average Bonchev–Trinajstić information content (AvgIpc) is 3.13. The molecule has 118 valence electrons. The van der Waals surface area contributed by atoms with E-state index in [4.69, 9.17) is 10.6 Å². The lowest BCUT2D eigenvalue weighted by molar-refractivity contribution is -0.105. The van der Waals surface area contributed by atoms with E-state index in [2.05, 4.69) is 19.5 Å². The summed E-state index contributed by atoms with van der Waals surface area (Å²) in [4.78, 5) is 25.9. The highest BCUT2D eigenvalue weighted by molar-refractivity contribution is 8.16. The molecule has 0 spiro atoms. The second-order valence-corrected chi connectivity index (χ2v) is 7.19. The summed E-state index contributed by atoms with van der Waals surface area (Å²) in [6, 6.07) is 7.70. The van der Waals surface area contributed by atoms with Gasteiger partial charge in [0.05, 0.1) is 10.2 Å². The number of thiazole rings is 1. The van der Waals surface area contributed by atoms with Gasteiger partial charge in [-0.15, -0.1) is 11.3 Å². The number of anilines is 1. The van der Waals surface area contributed by atoms with Crippen LogP contribution in [0, 0.1) is 0 Å². The fourth-order valence-electron chi connectivity index (χ4n) is 1.65. The molecule has 0 saturated heterocycles. The maximum Gasteiger partial charge on any atom is 0.252 e. The molecule has 0 radical (unpaired) electrons. The van der Waals surface area contributed by atoms with Crippen LogP contribution in [0.4, 0.5) is 5.13 Å². The van der Waals surface area contributed by atoms with Crippen molar-refractivity contribution in [2.45, 2.75) is 11.3 Å². The van der Waals surface area contributed by atoms with Gasteiger partial charge in [0.25, 0.3) is 5.12 Å². The summed E-state index contributed by atoms with van der Waals surface area (Å²) < 4.78 is 5.66. The molecular formula is C13H11N5O2S3. The predicted octanol–water partition coefficient (Wildman–Crippen LogP) is 2.79. The van der Waals surface area contributed by atoms with Crippen molar-refractivity contribution < 1.29 is 9.63 Å². The molecular weight excluding hydrogens is 354 g/mol. The van der Waals surface area contributed by atoms with Crippen LogP contribution in [-0.2, 0) is 9.63 Å². The van der Waals surface area contributed by atoms with Crippen LogP contribution in [0.1, 0.15) is 12.7 Å². The third-order valence-electron chi connectivity index (χ3n) is 2.59. The molecule has 3 aromatic rings. The van der Waals surface area contributed by atoms with E-state index in [9.17, 15) is 4.79 Å². The van der Waals surface area contributed by atoms with Gasteiger partial charge in [0.2, 0.25) is 11.5 Å². The van der Waals surface area contributed by atoms with E-state index in [-0.39, 0.29) is 21.8 Å². The number of fused-ring (bicyclic) bond motifs is 1. The van der Waals surface area contributed by atoms with Crippen molar-refractivity contribution >= 4 is 60.8 Å².